The van der Waals surface area contributed by atoms with Crippen molar-refractivity contribution in [1.82, 2.24) is 9.38 Å². The molecule has 2 heterocycles. The van der Waals surface area contributed by atoms with Gasteiger partial charge in [-0.3, -0.25) is 4.79 Å². The highest BCUT2D eigenvalue weighted by Gasteiger charge is 2.19. The third kappa shape index (κ3) is 3.44. The summed E-state index contributed by atoms with van der Waals surface area (Å²) in [6, 6.07) is 19.7. The molecular weight excluding hydrogens is 374 g/mol. The molecule has 0 aliphatic rings. The second-order valence-corrected chi connectivity index (χ2v) is 6.93. The van der Waals surface area contributed by atoms with Crippen LogP contribution in [-0.4, -0.2) is 27.4 Å². The molecule has 6 heteroatoms. The van der Waals surface area contributed by atoms with E-state index in [9.17, 15) is 9.90 Å². The van der Waals surface area contributed by atoms with E-state index in [0.717, 1.165) is 22.6 Å². The first-order valence-electron chi connectivity index (χ1n) is 8.80. The fourth-order valence-corrected chi connectivity index (χ4v) is 3.26. The minimum atomic E-state index is -0.0773. The molecule has 0 bridgehead atoms. The first-order valence-corrected chi connectivity index (χ1v) is 9.18. The zero-order valence-corrected chi connectivity index (χ0v) is 16.0. The van der Waals surface area contributed by atoms with E-state index in [1.165, 1.54) is 0 Å². The second kappa shape index (κ2) is 7.37. The standard InChI is InChI=1S/C22H18ClN3O2/c1-25(17-9-11-18(27)12-10-17)21(28)14-19-22(15-5-7-16(23)8-6-15)24-20-4-2-3-13-26(19)20/h2-13,27H,14H2,1H3. The van der Waals surface area contributed by atoms with Gasteiger partial charge < -0.3 is 14.4 Å². The Kier molecular flexibility index (Phi) is 4.75. The number of rotatable bonds is 4. The highest BCUT2D eigenvalue weighted by atomic mass is 35.5. The third-order valence-electron chi connectivity index (χ3n) is 4.68. The van der Waals surface area contributed by atoms with Gasteiger partial charge in [-0.25, -0.2) is 4.98 Å². The molecule has 0 fully saturated rings. The van der Waals surface area contributed by atoms with E-state index in [1.807, 2.05) is 53.1 Å². The van der Waals surface area contributed by atoms with E-state index < -0.39 is 0 Å². The van der Waals surface area contributed by atoms with Crippen LogP contribution >= 0.6 is 11.6 Å². The normalized spacial score (nSPS) is 10.9. The fraction of sp³-hybridized carbons (Fsp3) is 0.0909. The molecule has 5 nitrogen and oxygen atoms in total. The van der Waals surface area contributed by atoms with E-state index in [1.54, 1.807) is 36.2 Å². The lowest BCUT2D eigenvalue weighted by molar-refractivity contribution is -0.117. The number of benzene rings is 2. The Balaban J connectivity index is 1.72. The van der Waals surface area contributed by atoms with Crippen LogP contribution in [0, 0.1) is 0 Å². The van der Waals surface area contributed by atoms with Gasteiger partial charge in [-0.05, 0) is 48.5 Å². The molecule has 1 N–H and O–H groups in total. The summed E-state index contributed by atoms with van der Waals surface area (Å²) < 4.78 is 1.94. The largest absolute Gasteiger partial charge is 0.508 e. The lowest BCUT2D eigenvalue weighted by atomic mass is 10.1. The smallest absolute Gasteiger partial charge is 0.232 e. The molecule has 0 unspecified atom stereocenters. The van der Waals surface area contributed by atoms with Gasteiger partial charge in [0.2, 0.25) is 5.91 Å². The van der Waals surface area contributed by atoms with E-state index >= 15 is 0 Å². The zero-order chi connectivity index (χ0) is 19.7. The quantitative estimate of drug-likeness (QED) is 0.554. The van der Waals surface area contributed by atoms with Crippen LogP contribution in [0.1, 0.15) is 5.69 Å². The predicted octanol–water partition coefficient (Wildman–Crippen LogP) is 4.57. The number of anilines is 1. The second-order valence-electron chi connectivity index (χ2n) is 6.49. The van der Waals surface area contributed by atoms with Crippen LogP contribution in [0.5, 0.6) is 5.75 Å². The number of carbonyl (C=O) groups is 1. The number of imidazole rings is 1. The van der Waals surface area contributed by atoms with Gasteiger partial charge in [0.25, 0.3) is 0 Å². The molecule has 0 spiro atoms. The van der Waals surface area contributed by atoms with Crippen LogP contribution in [0.4, 0.5) is 5.69 Å². The van der Waals surface area contributed by atoms with E-state index in [4.69, 9.17) is 16.6 Å². The number of hydrogen-bond donors (Lipinski definition) is 1. The van der Waals surface area contributed by atoms with Crippen molar-refractivity contribution in [3.05, 3.63) is 83.6 Å². The Morgan fingerprint density at radius 3 is 2.50 bits per heavy atom. The highest BCUT2D eigenvalue weighted by Crippen LogP contribution is 2.27. The maximum absolute atomic E-state index is 13.0. The SMILES string of the molecule is CN(C(=O)Cc1c(-c2ccc(Cl)cc2)nc2ccccn12)c1ccc(O)cc1. The van der Waals surface area contributed by atoms with Crippen LogP contribution in [0.2, 0.25) is 5.02 Å². The van der Waals surface area contributed by atoms with Crippen LogP contribution in [0.15, 0.2) is 72.9 Å². The summed E-state index contributed by atoms with van der Waals surface area (Å²) in [5.41, 5.74) is 3.97. The molecule has 28 heavy (non-hydrogen) atoms. The Hall–Kier alpha value is -3.31. The lowest BCUT2D eigenvalue weighted by Crippen LogP contribution is -2.28. The van der Waals surface area contributed by atoms with E-state index in [2.05, 4.69) is 0 Å². The van der Waals surface area contributed by atoms with Crippen LogP contribution < -0.4 is 4.90 Å². The molecule has 0 aliphatic heterocycles. The third-order valence-corrected chi connectivity index (χ3v) is 4.93. The van der Waals surface area contributed by atoms with Gasteiger partial charge in [0.1, 0.15) is 11.4 Å². The van der Waals surface area contributed by atoms with Gasteiger partial charge in [-0.2, -0.15) is 0 Å². The summed E-state index contributed by atoms with van der Waals surface area (Å²) in [5, 5.41) is 10.1. The Morgan fingerprint density at radius 1 is 1.07 bits per heavy atom. The number of nitrogens with zero attached hydrogens (tertiary/aromatic N) is 3. The van der Waals surface area contributed by atoms with Crippen molar-refractivity contribution < 1.29 is 9.90 Å². The molecule has 0 saturated carbocycles. The number of pyridine rings is 1. The van der Waals surface area contributed by atoms with Gasteiger partial charge in [0.05, 0.1) is 17.8 Å². The maximum atomic E-state index is 13.0. The monoisotopic (exact) mass is 391 g/mol. The van der Waals surface area contributed by atoms with Crippen molar-refractivity contribution in [1.29, 1.82) is 0 Å². The lowest BCUT2D eigenvalue weighted by Gasteiger charge is -2.18. The van der Waals surface area contributed by atoms with Crippen molar-refractivity contribution >= 4 is 28.8 Å². The van der Waals surface area contributed by atoms with Crippen LogP contribution in [-0.2, 0) is 11.2 Å². The molecule has 0 saturated heterocycles. The van der Waals surface area contributed by atoms with Gasteiger partial charge in [0, 0.05) is 29.5 Å². The molecule has 0 atom stereocenters. The number of hydrogen-bond acceptors (Lipinski definition) is 3. The predicted molar refractivity (Wildman–Crippen MR) is 111 cm³/mol. The summed E-state index contributed by atoms with van der Waals surface area (Å²) in [6.07, 6.45) is 2.09. The van der Waals surface area contributed by atoms with E-state index in [0.29, 0.717) is 10.7 Å². The molecule has 0 radical (unpaired) electrons. The molecular formula is C22H18ClN3O2. The number of aromatic hydroxyl groups is 1. The molecule has 0 aliphatic carbocycles. The Morgan fingerprint density at radius 2 is 1.79 bits per heavy atom. The van der Waals surface area contributed by atoms with Gasteiger partial charge in [-0.15, -0.1) is 0 Å². The number of aromatic nitrogens is 2. The fourth-order valence-electron chi connectivity index (χ4n) is 3.14. The summed E-state index contributed by atoms with van der Waals surface area (Å²) in [7, 11) is 1.72. The van der Waals surface area contributed by atoms with Crippen molar-refractivity contribution in [3.8, 4) is 17.0 Å². The van der Waals surface area contributed by atoms with Gasteiger partial charge >= 0.3 is 0 Å². The molecule has 4 aromatic rings. The Labute approximate surface area is 167 Å². The maximum Gasteiger partial charge on any atom is 0.232 e. The number of halogens is 1. The number of amides is 1. The first kappa shape index (κ1) is 18.1. The molecule has 2 aromatic heterocycles. The van der Waals surface area contributed by atoms with Crippen LogP contribution in [0.25, 0.3) is 16.9 Å². The minimum Gasteiger partial charge on any atom is -0.508 e. The average Bonchev–Trinajstić information content (AvgIpc) is 3.07. The van der Waals surface area contributed by atoms with E-state index in [-0.39, 0.29) is 18.1 Å². The van der Waals surface area contributed by atoms with Crippen molar-refractivity contribution in [3.63, 3.8) is 0 Å². The minimum absolute atomic E-state index is 0.0773. The number of carbonyl (C=O) groups excluding carboxylic acids is 1. The molecule has 2 aromatic carbocycles. The van der Waals surface area contributed by atoms with Crippen molar-refractivity contribution in [2.24, 2.45) is 0 Å². The number of fused-ring (bicyclic) bond motifs is 1. The first-order chi connectivity index (χ1) is 13.5. The Bertz CT molecular complexity index is 1130. The van der Waals surface area contributed by atoms with Crippen LogP contribution in [0.3, 0.4) is 0 Å². The van der Waals surface area contributed by atoms with Crippen molar-refractivity contribution in [2.45, 2.75) is 6.42 Å². The topological polar surface area (TPSA) is 57.8 Å². The molecule has 140 valence electrons. The number of phenolic OH excluding ortho intramolecular Hbond substituents is 1. The summed E-state index contributed by atoms with van der Waals surface area (Å²) in [4.78, 5) is 19.3. The molecule has 1 amide bonds. The zero-order valence-electron chi connectivity index (χ0n) is 15.2. The average molecular weight is 392 g/mol. The van der Waals surface area contributed by atoms with Gasteiger partial charge in [-0.1, -0.05) is 29.8 Å². The summed E-state index contributed by atoms with van der Waals surface area (Å²) in [6.45, 7) is 0. The summed E-state index contributed by atoms with van der Waals surface area (Å²) in [5.74, 6) is 0.0861. The molecule has 4 rings (SSSR count). The summed E-state index contributed by atoms with van der Waals surface area (Å²) >= 11 is 6.02. The van der Waals surface area contributed by atoms with Crippen molar-refractivity contribution in [2.75, 3.05) is 11.9 Å². The highest BCUT2D eigenvalue weighted by molar-refractivity contribution is 6.30. The number of phenols is 1. The number of likely N-dealkylation sites (N-methyl/N-ethyl adjacent to an activating group) is 1. The van der Waals surface area contributed by atoms with Gasteiger partial charge in [0.15, 0.2) is 0 Å².